The summed E-state index contributed by atoms with van der Waals surface area (Å²) < 4.78 is 1.62. The van der Waals surface area contributed by atoms with Gasteiger partial charge in [-0.2, -0.15) is 5.10 Å². The number of anilines is 1. The number of benzene rings is 1. The molecule has 0 aliphatic carbocycles. The number of nitrogens with zero attached hydrogens (tertiary/aromatic N) is 5. The largest absolute Gasteiger partial charge is 0.340 e. The normalized spacial score (nSPS) is 13.7. The molecule has 1 fully saturated rings. The Morgan fingerprint density at radius 3 is 2.43 bits per heavy atom. The summed E-state index contributed by atoms with van der Waals surface area (Å²) >= 11 is 6.31. The van der Waals surface area contributed by atoms with Crippen molar-refractivity contribution >= 4 is 29.2 Å². The lowest BCUT2D eigenvalue weighted by molar-refractivity contribution is -0.130. The number of halogens is 1. The van der Waals surface area contributed by atoms with Crippen molar-refractivity contribution in [3.8, 4) is 11.8 Å². The smallest absolute Gasteiger partial charge is 0.276 e. The highest BCUT2D eigenvalue weighted by atomic mass is 35.5. The molecule has 3 aromatic rings. The number of hydrogen-bond donors (Lipinski definition) is 1. The molecule has 35 heavy (non-hydrogen) atoms. The topological polar surface area (TPSA) is 83.4 Å². The molecule has 4 rings (SSSR count). The molecule has 2 amide bonds. The number of carbonyl (C=O) groups is 2. The number of aromatic nitrogens is 3. The molecule has 0 atom stereocenters. The van der Waals surface area contributed by atoms with Crippen LogP contribution >= 0.6 is 11.6 Å². The van der Waals surface area contributed by atoms with Crippen LogP contribution in [0.2, 0.25) is 5.02 Å². The lowest BCUT2D eigenvalue weighted by atomic mass is 10.1. The Kier molecular flexibility index (Phi) is 7.80. The molecule has 0 bridgehead atoms. The third kappa shape index (κ3) is 6.27. The molecule has 9 heteroatoms. The molecule has 0 unspecified atom stereocenters. The van der Waals surface area contributed by atoms with Crippen molar-refractivity contribution in [2.75, 3.05) is 38.0 Å². The number of carbonyl (C=O) groups excluding carboxylic acids is 2. The summed E-state index contributed by atoms with van der Waals surface area (Å²) in [4.78, 5) is 33.0. The first-order chi connectivity index (χ1) is 16.9. The Morgan fingerprint density at radius 1 is 1.03 bits per heavy atom. The van der Waals surface area contributed by atoms with E-state index in [1.54, 1.807) is 17.8 Å². The molecule has 8 nitrogen and oxygen atoms in total. The quantitative estimate of drug-likeness (QED) is 0.556. The third-order valence-corrected chi connectivity index (χ3v) is 6.17. The zero-order chi connectivity index (χ0) is 24.8. The van der Waals surface area contributed by atoms with Crippen LogP contribution in [0.4, 0.5) is 5.82 Å². The molecule has 1 aliphatic heterocycles. The van der Waals surface area contributed by atoms with Gasteiger partial charge in [0.15, 0.2) is 0 Å². The minimum Gasteiger partial charge on any atom is -0.340 e. The van der Waals surface area contributed by atoms with Gasteiger partial charge in [-0.15, -0.1) is 0 Å². The SMILES string of the molecule is CC(=O)N1CCN(CCn2ncc(Cl)c2C(=O)Nc2ncc(C#Cc3ccccc3)cc2C)CC1. The summed E-state index contributed by atoms with van der Waals surface area (Å²) in [5, 5.41) is 7.42. The predicted molar refractivity (Wildman–Crippen MR) is 135 cm³/mol. The minimum absolute atomic E-state index is 0.0997. The van der Waals surface area contributed by atoms with Gasteiger partial charge in [0.05, 0.1) is 17.8 Å². The van der Waals surface area contributed by atoms with E-state index in [2.05, 4.69) is 32.1 Å². The fraction of sp³-hybridized carbons (Fsp3) is 0.308. The second-order valence-electron chi connectivity index (χ2n) is 8.37. The summed E-state index contributed by atoms with van der Waals surface area (Å²) in [5.41, 5.74) is 2.77. The number of hydrogen-bond acceptors (Lipinski definition) is 5. The van der Waals surface area contributed by atoms with Gasteiger partial charge < -0.3 is 10.2 Å². The molecule has 3 heterocycles. The van der Waals surface area contributed by atoms with Crippen LogP contribution < -0.4 is 5.32 Å². The van der Waals surface area contributed by atoms with Crippen molar-refractivity contribution in [1.29, 1.82) is 0 Å². The number of aryl methyl sites for hydroxylation is 1. The molecule has 0 radical (unpaired) electrons. The summed E-state index contributed by atoms with van der Waals surface area (Å²) in [7, 11) is 0. The second kappa shape index (κ2) is 11.2. The van der Waals surface area contributed by atoms with E-state index in [1.165, 1.54) is 6.20 Å². The zero-order valence-electron chi connectivity index (χ0n) is 19.8. The molecule has 180 valence electrons. The van der Waals surface area contributed by atoms with E-state index in [-0.39, 0.29) is 16.8 Å². The van der Waals surface area contributed by atoms with Crippen molar-refractivity contribution < 1.29 is 9.59 Å². The number of rotatable bonds is 5. The van der Waals surface area contributed by atoms with Gasteiger partial charge in [0.1, 0.15) is 11.5 Å². The van der Waals surface area contributed by atoms with Gasteiger partial charge >= 0.3 is 0 Å². The van der Waals surface area contributed by atoms with E-state index in [9.17, 15) is 9.59 Å². The number of nitrogens with one attached hydrogen (secondary N) is 1. The van der Waals surface area contributed by atoms with Gasteiger partial charge in [-0.25, -0.2) is 4.98 Å². The number of pyridine rings is 1. The van der Waals surface area contributed by atoms with Crippen LogP contribution in [-0.4, -0.2) is 69.1 Å². The lowest BCUT2D eigenvalue weighted by Crippen LogP contribution is -2.48. The number of amides is 2. The summed E-state index contributed by atoms with van der Waals surface area (Å²) in [6.45, 7) is 7.67. The van der Waals surface area contributed by atoms with Crippen LogP contribution in [0.25, 0.3) is 0 Å². The fourth-order valence-electron chi connectivity index (χ4n) is 3.89. The maximum atomic E-state index is 13.1. The first-order valence-corrected chi connectivity index (χ1v) is 11.8. The molecule has 0 spiro atoms. The van der Waals surface area contributed by atoms with Crippen LogP contribution in [0.1, 0.15) is 34.1 Å². The number of piperazine rings is 1. The van der Waals surface area contributed by atoms with E-state index in [1.807, 2.05) is 48.2 Å². The van der Waals surface area contributed by atoms with Crippen molar-refractivity contribution in [2.45, 2.75) is 20.4 Å². The highest BCUT2D eigenvalue weighted by Crippen LogP contribution is 2.19. The summed E-state index contributed by atoms with van der Waals surface area (Å²) in [5.74, 6) is 6.38. The molecule has 1 N–H and O–H groups in total. The highest BCUT2D eigenvalue weighted by Gasteiger charge is 2.21. The first kappa shape index (κ1) is 24.5. The maximum Gasteiger partial charge on any atom is 0.276 e. The van der Waals surface area contributed by atoms with E-state index in [0.29, 0.717) is 37.7 Å². The van der Waals surface area contributed by atoms with Gasteiger partial charge in [-0.3, -0.25) is 19.2 Å². The van der Waals surface area contributed by atoms with Gasteiger partial charge in [0.25, 0.3) is 5.91 Å². The standard InChI is InChI=1S/C26H27ClN6O2/c1-19-16-22(9-8-21-6-4-3-5-7-21)17-28-25(19)30-26(35)24-23(27)18-29-33(24)15-12-31-10-13-32(14-11-31)20(2)34/h3-7,16-18H,10-15H2,1-2H3,(H,28,30,35). The van der Waals surface area contributed by atoms with Crippen molar-refractivity contribution in [2.24, 2.45) is 0 Å². The highest BCUT2D eigenvalue weighted by molar-refractivity contribution is 6.34. The van der Waals surface area contributed by atoms with Crippen LogP contribution in [0.15, 0.2) is 48.8 Å². The Hall–Kier alpha value is -3.67. The van der Waals surface area contributed by atoms with Gasteiger partial charge in [0, 0.05) is 57.0 Å². The van der Waals surface area contributed by atoms with E-state index >= 15 is 0 Å². The molecular formula is C26H27ClN6O2. The maximum absolute atomic E-state index is 13.1. The third-order valence-electron chi connectivity index (χ3n) is 5.89. The van der Waals surface area contributed by atoms with Crippen molar-refractivity contribution in [3.05, 3.63) is 76.2 Å². The fourth-order valence-corrected chi connectivity index (χ4v) is 4.11. The summed E-state index contributed by atoms with van der Waals surface area (Å²) in [6, 6.07) is 11.6. The Balaban J connectivity index is 1.39. The predicted octanol–water partition coefficient (Wildman–Crippen LogP) is 3.06. The van der Waals surface area contributed by atoms with E-state index in [0.717, 1.165) is 29.8 Å². The molecule has 0 saturated carbocycles. The molecule has 1 aromatic carbocycles. The molecular weight excluding hydrogens is 464 g/mol. The van der Waals surface area contributed by atoms with Gasteiger partial charge in [-0.05, 0) is 30.7 Å². The molecule has 2 aromatic heterocycles. The average Bonchev–Trinajstić information content (AvgIpc) is 3.24. The van der Waals surface area contributed by atoms with Gasteiger partial charge in [0.2, 0.25) is 5.91 Å². The monoisotopic (exact) mass is 490 g/mol. The van der Waals surface area contributed by atoms with Crippen molar-refractivity contribution in [1.82, 2.24) is 24.6 Å². The van der Waals surface area contributed by atoms with Crippen LogP contribution in [-0.2, 0) is 11.3 Å². The molecule has 1 aliphatic rings. The minimum atomic E-state index is -0.368. The molecule has 1 saturated heterocycles. The Labute approximate surface area is 209 Å². The average molecular weight is 491 g/mol. The Bertz CT molecular complexity index is 1270. The summed E-state index contributed by atoms with van der Waals surface area (Å²) in [6.07, 6.45) is 3.12. The van der Waals surface area contributed by atoms with E-state index < -0.39 is 0 Å². The van der Waals surface area contributed by atoms with E-state index in [4.69, 9.17) is 11.6 Å². The van der Waals surface area contributed by atoms with Crippen LogP contribution in [0.5, 0.6) is 0 Å². The van der Waals surface area contributed by atoms with Crippen LogP contribution in [0, 0.1) is 18.8 Å². The zero-order valence-corrected chi connectivity index (χ0v) is 20.5. The first-order valence-electron chi connectivity index (χ1n) is 11.4. The second-order valence-corrected chi connectivity index (χ2v) is 8.78. The van der Waals surface area contributed by atoms with Gasteiger partial charge in [-0.1, -0.05) is 41.6 Å². The Morgan fingerprint density at radius 2 is 1.74 bits per heavy atom. The van der Waals surface area contributed by atoms with Crippen molar-refractivity contribution in [3.63, 3.8) is 0 Å². The lowest BCUT2D eigenvalue weighted by Gasteiger charge is -2.34. The van der Waals surface area contributed by atoms with Crippen LogP contribution in [0.3, 0.4) is 0 Å².